The number of nitrogens with one attached hydrogen (secondary N) is 1. The highest BCUT2D eigenvalue weighted by atomic mass is 32.2. The molecular formula is C22H28N2O6S. The van der Waals surface area contributed by atoms with Gasteiger partial charge in [0.25, 0.3) is 4.87 Å². The van der Waals surface area contributed by atoms with Crippen molar-refractivity contribution in [2.45, 2.75) is 50.1 Å². The molecule has 2 aromatic carbocycles. The zero-order chi connectivity index (χ0) is 22.9. The number of carbonyl (C=O) groups excluding carboxylic acids is 2. The van der Waals surface area contributed by atoms with Crippen molar-refractivity contribution in [1.82, 2.24) is 5.32 Å². The van der Waals surface area contributed by atoms with Crippen LogP contribution in [-0.4, -0.2) is 35.8 Å². The molecule has 9 heteroatoms. The van der Waals surface area contributed by atoms with E-state index in [1.54, 1.807) is 61.5 Å². The fourth-order valence-electron chi connectivity index (χ4n) is 3.03. The summed E-state index contributed by atoms with van der Waals surface area (Å²) in [4.78, 5) is 23.0. The van der Waals surface area contributed by atoms with Gasteiger partial charge in [-0.25, -0.2) is 4.79 Å². The van der Waals surface area contributed by atoms with Crippen LogP contribution < -0.4 is 11.1 Å². The molecule has 0 bridgehead atoms. The zero-order valence-corrected chi connectivity index (χ0v) is 18.2. The summed E-state index contributed by atoms with van der Waals surface area (Å²) in [6.07, 6.45) is 0.546. The van der Waals surface area contributed by atoms with Crippen molar-refractivity contribution in [3.05, 3.63) is 71.8 Å². The molecule has 0 heterocycles. The third-order valence-corrected chi connectivity index (χ3v) is 6.18. The number of hydrogen-bond donors (Lipinski definition) is 3. The smallest absolute Gasteiger partial charge is 0.350 e. The number of carbonyl (C=O) groups is 2. The highest BCUT2D eigenvalue weighted by Gasteiger charge is 2.53. The van der Waals surface area contributed by atoms with Crippen molar-refractivity contribution >= 4 is 22.0 Å². The van der Waals surface area contributed by atoms with E-state index >= 15 is 0 Å². The van der Waals surface area contributed by atoms with E-state index in [0.29, 0.717) is 12.0 Å². The lowest BCUT2D eigenvalue weighted by molar-refractivity contribution is -0.151. The van der Waals surface area contributed by atoms with Crippen LogP contribution in [0.25, 0.3) is 0 Å². The molecular weight excluding hydrogens is 420 g/mol. The van der Waals surface area contributed by atoms with E-state index < -0.39 is 32.9 Å². The maximum absolute atomic E-state index is 12.9. The number of amides is 1. The Morgan fingerprint density at radius 1 is 1.06 bits per heavy atom. The first-order valence-electron chi connectivity index (χ1n) is 9.99. The van der Waals surface area contributed by atoms with E-state index in [4.69, 9.17) is 10.5 Å². The first kappa shape index (κ1) is 24.5. The summed E-state index contributed by atoms with van der Waals surface area (Å²) < 4.78 is 39.8. The number of ether oxygens (including phenoxy) is 1. The van der Waals surface area contributed by atoms with Gasteiger partial charge in [-0.15, -0.1) is 0 Å². The van der Waals surface area contributed by atoms with Gasteiger partial charge in [0.1, 0.15) is 6.61 Å². The molecule has 0 radical (unpaired) electrons. The maximum atomic E-state index is 12.9. The van der Waals surface area contributed by atoms with Crippen molar-refractivity contribution in [3.8, 4) is 0 Å². The summed E-state index contributed by atoms with van der Waals surface area (Å²) in [5.74, 6) is -2.14. The standard InChI is InChI=1S/C22H28N2O6S/c1-2-3-14-22(31(27,28)29,21(26)30-16-18-12-8-5-9-13-18)24-20(25)19(23)15-17-10-6-4-7-11-17/h4-13,19H,2-3,14-16,23H2,1H3,(H,24,25)(H,27,28,29)/t19-,22?/m0/s1. The lowest BCUT2D eigenvalue weighted by Gasteiger charge is -2.30. The molecule has 2 rings (SSSR count). The van der Waals surface area contributed by atoms with Crippen LogP contribution in [0.4, 0.5) is 0 Å². The molecule has 0 saturated carbocycles. The van der Waals surface area contributed by atoms with Crippen LogP contribution in [0.5, 0.6) is 0 Å². The van der Waals surface area contributed by atoms with E-state index in [-0.39, 0.29) is 25.9 Å². The van der Waals surface area contributed by atoms with Crippen LogP contribution in [-0.2, 0) is 37.5 Å². The minimum atomic E-state index is -5.07. The largest absolute Gasteiger partial charge is 0.458 e. The Kier molecular flexibility index (Phi) is 8.73. The Balaban J connectivity index is 2.25. The van der Waals surface area contributed by atoms with Crippen molar-refractivity contribution in [3.63, 3.8) is 0 Å². The molecule has 1 amide bonds. The third kappa shape index (κ3) is 6.61. The fraction of sp³-hybridized carbons (Fsp3) is 0.364. The average molecular weight is 449 g/mol. The van der Waals surface area contributed by atoms with Crippen LogP contribution in [0.15, 0.2) is 60.7 Å². The molecule has 8 nitrogen and oxygen atoms in total. The second kappa shape index (κ2) is 11.0. The fourth-order valence-corrected chi connectivity index (χ4v) is 3.93. The SMILES string of the molecule is CCCCC(NC(=O)[C@@H](N)Cc1ccccc1)(C(=O)OCc1ccccc1)S(=O)(=O)O. The number of rotatable bonds is 11. The van der Waals surface area contributed by atoms with E-state index in [1.807, 2.05) is 6.07 Å². The molecule has 0 aliphatic heterocycles. The quantitative estimate of drug-likeness (QED) is 0.354. The van der Waals surface area contributed by atoms with Gasteiger partial charge in [-0.2, -0.15) is 8.42 Å². The van der Waals surface area contributed by atoms with Crippen LogP contribution in [0, 0.1) is 0 Å². The molecule has 168 valence electrons. The molecule has 2 aromatic rings. The van der Waals surface area contributed by atoms with Gasteiger partial charge in [0.05, 0.1) is 6.04 Å². The van der Waals surface area contributed by atoms with Crippen molar-refractivity contribution < 1.29 is 27.3 Å². The predicted octanol–water partition coefficient (Wildman–Crippen LogP) is 2.19. The van der Waals surface area contributed by atoms with Crippen molar-refractivity contribution in [1.29, 1.82) is 0 Å². The van der Waals surface area contributed by atoms with E-state index in [1.165, 1.54) is 0 Å². The predicted molar refractivity (Wildman–Crippen MR) is 116 cm³/mol. The molecule has 2 atom stereocenters. The normalized spacial score (nSPS) is 14.3. The van der Waals surface area contributed by atoms with Gasteiger partial charge in [0.15, 0.2) is 0 Å². The van der Waals surface area contributed by atoms with Gasteiger partial charge in [0.2, 0.25) is 5.91 Å². The van der Waals surface area contributed by atoms with Crippen molar-refractivity contribution in [2.24, 2.45) is 5.73 Å². The minimum Gasteiger partial charge on any atom is -0.458 e. The van der Waals surface area contributed by atoms with Gasteiger partial charge in [-0.3, -0.25) is 9.35 Å². The first-order chi connectivity index (χ1) is 14.7. The van der Waals surface area contributed by atoms with Gasteiger partial charge >= 0.3 is 16.1 Å². The number of nitrogens with two attached hydrogens (primary N) is 1. The van der Waals surface area contributed by atoms with Gasteiger partial charge in [0, 0.05) is 0 Å². The summed E-state index contributed by atoms with van der Waals surface area (Å²) in [7, 11) is -5.07. The van der Waals surface area contributed by atoms with Gasteiger partial charge < -0.3 is 15.8 Å². The molecule has 0 spiro atoms. The molecule has 0 aliphatic carbocycles. The Hall–Kier alpha value is -2.75. The number of unbranched alkanes of at least 4 members (excludes halogenated alkanes) is 1. The summed E-state index contributed by atoms with van der Waals surface area (Å²) in [6, 6.07) is 16.4. The molecule has 4 N–H and O–H groups in total. The molecule has 0 aliphatic rings. The van der Waals surface area contributed by atoms with Crippen LogP contribution in [0.3, 0.4) is 0 Å². The summed E-state index contributed by atoms with van der Waals surface area (Å²) in [5, 5.41) is 2.18. The lowest BCUT2D eigenvalue weighted by Crippen LogP contribution is -2.63. The van der Waals surface area contributed by atoms with Crippen LogP contribution >= 0.6 is 0 Å². The van der Waals surface area contributed by atoms with Crippen molar-refractivity contribution in [2.75, 3.05) is 0 Å². The Bertz CT molecular complexity index is 966. The summed E-state index contributed by atoms with van der Waals surface area (Å²) in [6.45, 7) is 1.57. The Labute approximate surface area is 182 Å². The number of esters is 1. The van der Waals surface area contributed by atoms with Crippen LogP contribution in [0.1, 0.15) is 37.3 Å². The molecule has 1 unspecified atom stereocenters. The Morgan fingerprint density at radius 3 is 2.13 bits per heavy atom. The molecule has 31 heavy (non-hydrogen) atoms. The maximum Gasteiger partial charge on any atom is 0.350 e. The van der Waals surface area contributed by atoms with E-state index in [0.717, 1.165) is 5.56 Å². The molecule has 0 aromatic heterocycles. The van der Waals surface area contributed by atoms with E-state index in [2.05, 4.69) is 5.32 Å². The zero-order valence-electron chi connectivity index (χ0n) is 17.4. The topological polar surface area (TPSA) is 136 Å². The van der Waals surface area contributed by atoms with E-state index in [9.17, 15) is 22.6 Å². The van der Waals surface area contributed by atoms with Gasteiger partial charge in [-0.1, -0.05) is 74.0 Å². The lowest BCUT2D eigenvalue weighted by atomic mass is 10.0. The van der Waals surface area contributed by atoms with Crippen LogP contribution in [0.2, 0.25) is 0 Å². The third-order valence-electron chi connectivity index (χ3n) is 4.83. The average Bonchev–Trinajstić information content (AvgIpc) is 2.75. The number of benzene rings is 2. The number of hydrogen-bond acceptors (Lipinski definition) is 6. The van der Waals surface area contributed by atoms with Gasteiger partial charge in [-0.05, 0) is 30.4 Å². The monoisotopic (exact) mass is 448 g/mol. The first-order valence-corrected chi connectivity index (χ1v) is 11.4. The minimum absolute atomic E-state index is 0.126. The summed E-state index contributed by atoms with van der Waals surface area (Å²) >= 11 is 0. The second-order valence-corrected chi connectivity index (χ2v) is 8.90. The highest BCUT2D eigenvalue weighted by Crippen LogP contribution is 2.24. The molecule has 0 fully saturated rings. The Morgan fingerprint density at radius 2 is 1.61 bits per heavy atom. The second-order valence-electron chi connectivity index (χ2n) is 7.25. The molecule has 0 saturated heterocycles. The summed E-state index contributed by atoms with van der Waals surface area (Å²) in [5.41, 5.74) is 7.35. The highest BCUT2D eigenvalue weighted by molar-refractivity contribution is 7.88.